The molecular formula is C12H12ClN. The van der Waals surface area contributed by atoms with Crippen LogP contribution in [0.4, 0.5) is 0 Å². The summed E-state index contributed by atoms with van der Waals surface area (Å²) < 4.78 is 0. The lowest BCUT2D eigenvalue weighted by Gasteiger charge is -2.11. The van der Waals surface area contributed by atoms with Crippen molar-refractivity contribution in [3.63, 3.8) is 0 Å². The first-order chi connectivity index (χ1) is 6.81. The van der Waals surface area contributed by atoms with Gasteiger partial charge in [-0.2, -0.15) is 5.26 Å². The van der Waals surface area contributed by atoms with Crippen LogP contribution in [0.25, 0.3) is 0 Å². The molecule has 0 radical (unpaired) electrons. The highest BCUT2D eigenvalue weighted by Gasteiger charge is 2.19. The third kappa shape index (κ3) is 1.76. The molecule has 2 heteroatoms. The molecule has 1 saturated carbocycles. The van der Waals surface area contributed by atoms with E-state index in [-0.39, 0.29) is 0 Å². The quantitative estimate of drug-likeness (QED) is 0.683. The number of hydrogen-bond acceptors (Lipinski definition) is 1. The summed E-state index contributed by atoms with van der Waals surface area (Å²) in [4.78, 5) is 0. The lowest BCUT2D eigenvalue weighted by Crippen LogP contribution is -1.93. The molecule has 0 heterocycles. The molecule has 1 nitrogen and oxygen atoms in total. The molecule has 0 amide bonds. The first kappa shape index (κ1) is 9.55. The Morgan fingerprint density at radius 1 is 1.29 bits per heavy atom. The van der Waals surface area contributed by atoms with E-state index in [1.165, 1.54) is 31.2 Å². The van der Waals surface area contributed by atoms with Crippen molar-refractivity contribution in [1.29, 1.82) is 5.26 Å². The lowest BCUT2D eigenvalue weighted by molar-refractivity contribution is 0.723. The van der Waals surface area contributed by atoms with Gasteiger partial charge in [-0.25, -0.2) is 0 Å². The number of benzene rings is 1. The summed E-state index contributed by atoms with van der Waals surface area (Å²) in [5, 5.41) is 9.47. The molecule has 2 rings (SSSR count). The van der Waals surface area contributed by atoms with Gasteiger partial charge < -0.3 is 0 Å². The van der Waals surface area contributed by atoms with Gasteiger partial charge in [0.15, 0.2) is 0 Å². The van der Waals surface area contributed by atoms with Crippen molar-refractivity contribution in [1.82, 2.24) is 0 Å². The van der Waals surface area contributed by atoms with Gasteiger partial charge in [0.25, 0.3) is 0 Å². The van der Waals surface area contributed by atoms with Gasteiger partial charge in [0.2, 0.25) is 0 Å². The average Bonchev–Trinajstić information content (AvgIpc) is 2.70. The predicted molar refractivity (Wildman–Crippen MR) is 57.4 cm³/mol. The largest absolute Gasteiger partial charge is 0.192 e. The molecule has 0 N–H and O–H groups in total. The smallest absolute Gasteiger partial charge is 0.0992 e. The van der Waals surface area contributed by atoms with E-state index < -0.39 is 0 Å². The monoisotopic (exact) mass is 205 g/mol. The molecule has 1 aromatic rings. The normalized spacial score (nSPS) is 16.9. The summed E-state index contributed by atoms with van der Waals surface area (Å²) >= 11 is 6.14. The molecule has 72 valence electrons. The second kappa shape index (κ2) is 4.02. The molecule has 0 aromatic heterocycles. The first-order valence-electron chi connectivity index (χ1n) is 5.01. The Bertz CT molecular complexity index is 372. The third-order valence-electron chi connectivity index (χ3n) is 2.92. The van der Waals surface area contributed by atoms with Crippen LogP contribution in [-0.4, -0.2) is 0 Å². The van der Waals surface area contributed by atoms with Crippen LogP contribution in [0.1, 0.15) is 42.7 Å². The fraction of sp³-hybridized carbons (Fsp3) is 0.417. The number of nitrogens with zero attached hydrogens (tertiary/aromatic N) is 1. The molecule has 1 fully saturated rings. The molecule has 0 atom stereocenters. The lowest BCUT2D eigenvalue weighted by atomic mass is 9.97. The molecule has 1 aliphatic carbocycles. The van der Waals surface area contributed by atoms with Gasteiger partial charge in [-0.3, -0.25) is 0 Å². The van der Waals surface area contributed by atoms with Gasteiger partial charge in [0.1, 0.15) is 0 Å². The minimum absolute atomic E-state index is 0.621. The molecule has 0 bridgehead atoms. The second-order valence-electron chi connectivity index (χ2n) is 3.83. The van der Waals surface area contributed by atoms with Crippen LogP contribution in [0.3, 0.4) is 0 Å². The van der Waals surface area contributed by atoms with Gasteiger partial charge in [-0.05, 0) is 36.5 Å². The summed E-state index contributed by atoms with van der Waals surface area (Å²) in [7, 11) is 0. The van der Waals surface area contributed by atoms with Gasteiger partial charge in [0, 0.05) is 5.02 Å². The SMILES string of the molecule is N#Cc1ccc(C2CCCC2)c(Cl)c1. The summed E-state index contributed by atoms with van der Waals surface area (Å²) in [6.45, 7) is 0. The topological polar surface area (TPSA) is 23.8 Å². The van der Waals surface area contributed by atoms with Crippen molar-refractivity contribution < 1.29 is 0 Å². The molecule has 0 aliphatic heterocycles. The zero-order valence-electron chi connectivity index (χ0n) is 7.96. The minimum Gasteiger partial charge on any atom is -0.192 e. The van der Waals surface area contributed by atoms with Crippen molar-refractivity contribution in [3.8, 4) is 6.07 Å². The standard InChI is InChI=1S/C12H12ClN/c13-12-7-9(8-14)5-6-11(12)10-3-1-2-4-10/h5-7,10H,1-4H2. The van der Waals surface area contributed by atoms with E-state index in [0.717, 1.165) is 5.02 Å². The van der Waals surface area contributed by atoms with Gasteiger partial charge in [-0.1, -0.05) is 30.5 Å². The molecule has 0 unspecified atom stereocenters. The summed E-state index contributed by atoms with van der Waals surface area (Å²) in [6.07, 6.45) is 5.10. The highest BCUT2D eigenvalue weighted by atomic mass is 35.5. The maximum Gasteiger partial charge on any atom is 0.0992 e. The fourth-order valence-electron chi connectivity index (χ4n) is 2.16. The first-order valence-corrected chi connectivity index (χ1v) is 5.38. The van der Waals surface area contributed by atoms with Crippen LogP contribution < -0.4 is 0 Å². The molecule has 1 aromatic carbocycles. The van der Waals surface area contributed by atoms with Crippen LogP contribution in [0.15, 0.2) is 18.2 Å². The van der Waals surface area contributed by atoms with Crippen LogP contribution in [0.5, 0.6) is 0 Å². The van der Waals surface area contributed by atoms with Crippen LogP contribution in [0.2, 0.25) is 5.02 Å². The molecule has 0 spiro atoms. The van der Waals surface area contributed by atoms with Gasteiger partial charge in [-0.15, -0.1) is 0 Å². The molecule has 0 saturated heterocycles. The van der Waals surface area contributed by atoms with Crippen LogP contribution >= 0.6 is 11.6 Å². The van der Waals surface area contributed by atoms with E-state index >= 15 is 0 Å². The Morgan fingerprint density at radius 3 is 2.57 bits per heavy atom. The average molecular weight is 206 g/mol. The third-order valence-corrected chi connectivity index (χ3v) is 3.25. The Balaban J connectivity index is 2.30. The fourth-order valence-corrected chi connectivity index (χ4v) is 2.50. The van der Waals surface area contributed by atoms with E-state index in [4.69, 9.17) is 16.9 Å². The van der Waals surface area contributed by atoms with Crippen molar-refractivity contribution in [2.75, 3.05) is 0 Å². The van der Waals surface area contributed by atoms with E-state index in [1.807, 2.05) is 12.1 Å². The maximum atomic E-state index is 8.71. The number of halogens is 1. The minimum atomic E-state index is 0.621. The van der Waals surface area contributed by atoms with Crippen molar-refractivity contribution >= 4 is 11.6 Å². The van der Waals surface area contributed by atoms with E-state index in [2.05, 4.69) is 6.07 Å². The Kier molecular flexibility index (Phi) is 2.74. The Labute approximate surface area is 89.3 Å². The van der Waals surface area contributed by atoms with E-state index in [9.17, 15) is 0 Å². The number of hydrogen-bond donors (Lipinski definition) is 0. The Hall–Kier alpha value is -1.00. The number of rotatable bonds is 1. The van der Waals surface area contributed by atoms with Crippen LogP contribution in [0, 0.1) is 11.3 Å². The zero-order chi connectivity index (χ0) is 9.97. The van der Waals surface area contributed by atoms with Crippen molar-refractivity contribution in [2.24, 2.45) is 0 Å². The Morgan fingerprint density at radius 2 is 2.00 bits per heavy atom. The highest BCUT2D eigenvalue weighted by Crippen LogP contribution is 2.37. The maximum absolute atomic E-state index is 8.71. The highest BCUT2D eigenvalue weighted by molar-refractivity contribution is 6.31. The summed E-state index contributed by atoms with van der Waals surface area (Å²) in [5.41, 5.74) is 1.87. The van der Waals surface area contributed by atoms with Gasteiger partial charge in [0.05, 0.1) is 11.6 Å². The number of nitriles is 1. The van der Waals surface area contributed by atoms with Crippen molar-refractivity contribution in [2.45, 2.75) is 31.6 Å². The second-order valence-corrected chi connectivity index (χ2v) is 4.24. The summed E-state index contributed by atoms with van der Waals surface area (Å²) in [6, 6.07) is 7.75. The molecular weight excluding hydrogens is 194 g/mol. The summed E-state index contributed by atoms with van der Waals surface area (Å²) in [5.74, 6) is 0.621. The molecule has 14 heavy (non-hydrogen) atoms. The molecule has 1 aliphatic rings. The zero-order valence-corrected chi connectivity index (χ0v) is 8.72. The van der Waals surface area contributed by atoms with Crippen LogP contribution in [-0.2, 0) is 0 Å². The van der Waals surface area contributed by atoms with Gasteiger partial charge >= 0.3 is 0 Å². The van der Waals surface area contributed by atoms with E-state index in [1.54, 1.807) is 6.07 Å². The van der Waals surface area contributed by atoms with E-state index in [0.29, 0.717) is 11.5 Å². The van der Waals surface area contributed by atoms with Crippen molar-refractivity contribution in [3.05, 3.63) is 34.3 Å². The predicted octanol–water partition coefficient (Wildman–Crippen LogP) is 3.87.